The summed E-state index contributed by atoms with van der Waals surface area (Å²) >= 11 is 9.37. The number of aryl methyl sites for hydroxylation is 1. The first-order valence-corrected chi connectivity index (χ1v) is 6.95. The normalized spacial score (nSPS) is 10.8. The first-order chi connectivity index (χ1) is 8.66. The summed E-state index contributed by atoms with van der Waals surface area (Å²) in [5.74, 6) is 0. The molecule has 0 aliphatic carbocycles. The fourth-order valence-corrected chi connectivity index (χ4v) is 2.29. The van der Waals surface area contributed by atoms with Gasteiger partial charge in [0.1, 0.15) is 0 Å². The van der Waals surface area contributed by atoms with Crippen molar-refractivity contribution >= 4 is 27.5 Å². The number of rotatable bonds is 5. The molecular formula is C13H15BrClN3. The summed E-state index contributed by atoms with van der Waals surface area (Å²) in [6.07, 6.45) is 2.80. The van der Waals surface area contributed by atoms with Crippen molar-refractivity contribution in [2.45, 2.75) is 13.0 Å². The van der Waals surface area contributed by atoms with Crippen molar-refractivity contribution in [1.29, 1.82) is 0 Å². The smallest absolute Gasteiger partial charge is 0.0548 e. The number of aromatic nitrogens is 2. The fraction of sp³-hybridized carbons (Fsp3) is 0.308. The van der Waals surface area contributed by atoms with Crippen molar-refractivity contribution in [1.82, 2.24) is 15.1 Å². The molecular weight excluding hydrogens is 314 g/mol. The zero-order valence-electron chi connectivity index (χ0n) is 10.2. The summed E-state index contributed by atoms with van der Waals surface area (Å²) < 4.78 is 2.84. The van der Waals surface area contributed by atoms with E-state index in [0.29, 0.717) is 0 Å². The second-order valence-corrected chi connectivity index (χ2v) is 5.38. The van der Waals surface area contributed by atoms with Gasteiger partial charge in [-0.25, -0.2) is 0 Å². The average Bonchev–Trinajstić information content (AvgIpc) is 2.75. The first-order valence-electron chi connectivity index (χ1n) is 5.78. The molecule has 0 spiro atoms. The SMILES string of the molecule is Cn1nccc1CCNCc1ccc(Cl)c(Br)c1. The van der Waals surface area contributed by atoms with Crippen LogP contribution >= 0.6 is 27.5 Å². The molecule has 1 N–H and O–H groups in total. The largest absolute Gasteiger partial charge is 0.312 e. The molecule has 0 radical (unpaired) electrons. The van der Waals surface area contributed by atoms with Gasteiger partial charge in [-0.2, -0.15) is 5.10 Å². The molecule has 0 unspecified atom stereocenters. The lowest BCUT2D eigenvalue weighted by Crippen LogP contribution is -2.17. The Morgan fingerprint density at radius 1 is 1.39 bits per heavy atom. The molecule has 0 saturated heterocycles. The number of nitrogens with one attached hydrogen (secondary N) is 1. The van der Waals surface area contributed by atoms with Crippen LogP contribution in [0, 0.1) is 0 Å². The molecule has 1 aromatic heterocycles. The van der Waals surface area contributed by atoms with E-state index in [0.717, 1.165) is 29.0 Å². The standard InChI is InChI=1S/C13H15BrClN3/c1-18-11(5-7-17-18)4-6-16-9-10-2-3-13(15)12(14)8-10/h2-3,5,7-8,16H,4,6,9H2,1H3. The Kier molecular flexibility index (Phi) is 4.80. The Balaban J connectivity index is 1.78. The van der Waals surface area contributed by atoms with Crippen LogP contribution in [0.15, 0.2) is 34.9 Å². The van der Waals surface area contributed by atoms with Crippen LogP contribution in [0.3, 0.4) is 0 Å². The van der Waals surface area contributed by atoms with Crippen LogP contribution in [0.25, 0.3) is 0 Å². The molecule has 0 saturated carbocycles. The molecule has 3 nitrogen and oxygen atoms in total. The molecule has 0 aliphatic rings. The predicted octanol–water partition coefficient (Wildman–Crippen LogP) is 3.17. The third kappa shape index (κ3) is 3.57. The van der Waals surface area contributed by atoms with Crippen molar-refractivity contribution < 1.29 is 0 Å². The highest BCUT2D eigenvalue weighted by atomic mass is 79.9. The van der Waals surface area contributed by atoms with E-state index >= 15 is 0 Å². The highest BCUT2D eigenvalue weighted by Gasteiger charge is 2.00. The Bertz CT molecular complexity index is 525. The Labute approximate surface area is 120 Å². The summed E-state index contributed by atoms with van der Waals surface area (Å²) in [7, 11) is 1.96. The predicted molar refractivity (Wildman–Crippen MR) is 77.8 cm³/mol. The maximum Gasteiger partial charge on any atom is 0.0548 e. The van der Waals surface area contributed by atoms with Gasteiger partial charge in [0.05, 0.1) is 5.02 Å². The van der Waals surface area contributed by atoms with E-state index in [4.69, 9.17) is 11.6 Å². The van der Waals surface area contributed by atoms with Crippen molar-refractivity contribution in [3.8, 4) is 0 Å². The Morgan fingerprint density at radius 2 is 2.22 bits per heavy atom. The van der Waals surface area contributed by atoms with Gasteiger partial charge in [-0.15, -0.1) is 0 Å². The molecule has 2 aromatic rings. The van der Waals surface area contributed by atoms with Crippen LogP contribution < -0.4 is 5.32 Å². The number of hydrogen-bond donors (Lipinski definition) is 1. The van der Waals surface area contributed by atoms with Crippen LogP contribution in [-0.2, 0) is 20.0 Å². The molecule has 2 rings (SSSR count). The molecule has 5 heteroatoms. The van der Waals surface area contributed by atoms with Crippen LogP contribution in [0.5, 0.6) is 0 Å². The molecule has 0 aliphatic heterocycles. The van der Waals surface area contributed by atoms with Gasteiger partial charge < -0.3 is 5.32 Å². The average molecular weight is 329 g/mol. The molecule has 0 atom stereocenters. The van der Waals surface area contributed by atoms with Gasteiger partial charge in [0.2, 0.25) is 0 Å². The van der Waals surface area contributed by atoms with E-state index in [-0.39, 0.29) is 0 Å². The lowest BCUT2D eigenvalue weighted by atomic mass is 10.2. The zero-order chi connectivity index (χ0) is 13.0. The number of nitrogens with zero attached hydrogens (tertiary/aromatic N) is 2. The van der Waals surface area contributed by atoms with Crippen molar-refractivity contribution in [3.63, 3.8) is 0 Å². The Morgan fingerprint density at radius 3 is 2.89 bits per heavy atom. The highest BCUT2D eigenvalue weighted by molar-refractivity contribution is 9.10. The van der Waals surface area contributed by atoms with Gasteiger partial charge in [-0.05, 0) is 39.7 Å². The van der Waals surface area contributed by atoms with Crippen LogP contribution in [0.2, 0.25) is 5.02 Å². The Hall–Kier alpha value is -0.840. The lowest BCUT2D eigenvalue weighted by Gasteiger charge is -2.06. The van der Waals surface area contributed by atoms with Gasteiger partial charge in [0, 0.05) is 42.9 Å². The van der Waals surface area contributed by atoms with Crippen LogP contribution in [0.1, 0.15) is 11.3 Å². The van der Waals surface area contributed by atoms with E-state index in [1.165, 1.54) is 11.3 Å². The molecule has 96 valence electrons. The molecule has 1 aromatic carbocycles. The maximum absolute atomic E-state index is 5.95. The number of benzene rings is 1. The summed E-state index contributed by atoms with van der Waals surface area (Å²) in [6, 6.07) is 8.02. The first kappa shape index (κ1) is 13.6. The molecule has 0 fully saturated rings. The molecule has 1 heterocycles. The highest BCUT2D eigenvalue weighted by Crippen LogP contribution is 2.23. The van der Waals surface area contributed by atoms with Crippen molar-refractivity contribution in [3.05, 3.63) is 51.2 Å². The summed E-state index contributed by atoms with van der Waals surface area (Å²) in [4.78, 5) is 0. The second kappa shape index (κ2) is 6.36. The number of halogens is 2. The topological polar surface area (TPSA) is 29.9 Å². The van der Waals surface area contributed by atoms with Crippen LogP contribution in [-0.4, -0.2) is 16.3 Å². The third-order valence-electron chi connectivity index (χ3n) is 2.79. The van der Waals surface area contributed by atoms with Gasteiger partial charge in [0.25, 0.3) is 0 Å². The second-order valence-electron chi connectivity index (χ2n) is 4.12. The van der Waals surface area contributed by atoms with E-state index in [1.54, 1.807) is 0 Å². The van der Waals surface area contributed by atoms with E-state index < -0.39 is 0 Å². The van der Waals surface area contributed by atoms with Gasteiger partial charge in [0.15, 0.2) is 0 Å². The monoisotopic (exact) mass is 327 g/mol. The third-order valence-corrected chi connectivity index (χ3v) is 4.01. The summed E-state index contributed by atoms with van der Waals surface area (Å²) in [6.45, 7) is 1.77. The van der Waals surface area contributed by atoms with Crippen LogP contribution in [0.4, 0.5) is 0 Å². The van der Waals surface area contributed by atoms with E-state index in [9.17, 15) is 0 Å². The number of hydrogen-bond acceptors (Lipinski definition) is 2. The minimum absolute atomic E-state index is 0.744. The maximum atomic E-state index is 5.95. The molecule has 0 amide bonds. The van der Waals surface area contributed by atoms with Crippen molar-refractivity contribution in [2.75, 3.05) is 6.54 Å². The lowest BCUT2D eigenvalue weighted by molar-refractivity contribution is 0.643. The minimum Gasteiger partial charge on any atom is -0.312 e. The van der Waals surface area contributed by atoms with Gasteiger partial charge in [-0.1, -0.05) is 17.7 Å². The van der Waals surface area contributed by atoms with Gasteiger partial charge in [-0.3, -0.25) is 4.68 Å². The summed E-state index contributed by atoms with van der Waals surface area (Å²) in [5, 5.41) is 8.30. The van der Waals surface area contributed by atoms with Crippen molar-refractivity contribution in [2.24, 2.45) is 7.05 Å². The van der Waals surface area contributed by atoms with E-state index in [1.807, 2.05) is 42.2 Å². The van der Waals surface area contributed by atoms with Gasteiger partial charge >= 0.3 is 0 Å². The molecule has 18 heavy (non-hydrogen) atoms. The molecule has 0 bridgehead atoms. The fourth-order valence-electron chi connectivity index (χ4n) is 1.75. The van der Waals surface area contributed by atoms with E-state index in [2.05, 4.69) is 26.3 Å². The zero-order valence-corrected chi connectivity index (χ0v) is 12.5. The quantitative estimate of drug-likeness (QED) is 0.854. The minimum atomic E-state index is 0.744. The summed E-state index contributed by atoms with van der Waals surface area (Å²) in [5.41, 5.74) is 2.45.